The molecule has 1 aromatic carbocycles. The number of carbonyl (C=O) groups excluding carboxylic acids is 1. The van der Waals surface area contributed by atoms with Crippen molar-refractivity contribution in [1.82, 2.24) is 4.72 Å². The topological polar surface area (TPSA) is 75.3 Å². The molecule has 6 heteroatoms. The quantitative estimate of drug-likeness (QED) is 0.834. The summed E-state index contributed by atoms with van der Waals surface area (Å²) in [4.78, 5) is 12.2. The molecule has 1 heterocycles. The standard InChI is InChI=1S/C17H22N2O3S/c1-11(2)16-14-10-13(8-9-15(14)18-17(16)20)23(21,22)19-12-6-4-3-5-7-12/h8-10,12,19H,3-7H2,1-2H3,(H,18,20). The predicted molar refractivity (Wildman–Crippen MR) is 90.5 cm³/mol. The summed E-state index contributed by atoms with van der Waals surface area (Å²) in [6.07, 6.45) is 5.09. The van der Waals surface area contributed by atoms with Crippen LogP contribution < -0.4 is 10.0 Å². The van der Waals surface area contributed by atoms with Gasteiger partial charge in [0.1, 0.15) is 0 Å². The van der Waals surface area contributed by atoms with Crippen LogP contribution in [0.15, 0.2) is 28.7 Å². The average molecular weight is 334 g/mol. The van der Waals surface area contributed by atoms with Crippen molar-refractivity contribution in [3.63, 3.8) is 0 Å². The molecule has 0 radical (unpaired) electrons. The summed E-state index contributed by atoms with van der Waals surface area (Å²) in [5.41, 5.74) is 2.77. The number of hydrogen-bond donors (Lipinski definition) is 2. The summed E-state index contributed by atoms with van der Waals surface area (Å²) < 4.78 is 28.1. The maximum absolute atomic E-state index is 12.6. The molecule has 0 aromatic heterocycles. The molecule has 1 fully saturated rings. The first-order chi connectivity index (χ1) is 10.9. The first-order valence-corrected chi connectivity index (χ1v) is 9.52. The highest BCUT2D eigenvalue weighted by molar-refractivity contribution is 7.89. The molecule has 1 aromatic rings. The average Bonchev–Trinajstić information content (AvgIpc) is 2.82. The molecule has 2 aliphatic rings. The zero-order valence-corrected chi connectivity index (χ0v) is 14.3. The van der Waals surface area contributed by atoms with Crippen LogP contribution in [0, 0.1) is 0 Å². The molecule has 5 nitrogen and oxygen atoms in total. The van der Waals surface area contributed by atoms with E-state index in [1.807, 2.05) is 13.8 Å². The Morgan fingerprint density at radius 3 is 2.52 bits per heavy atom. The minimum Gasteiger partial charge on any atom is -0.321 e. The smallest absolute Gasteiger partial charge is 0.256 e. The Morgan fingerprint density at radius 1 is 1.17 bits per heavy atom. The maximum Gasteiger partial charge on any atom is 0.256 e. The van der Waals surface area contributed by atoms with E-state index in [1.54, 1.807) is 18.2 Å². The minimum atomic E-state index is -3.56. The van der Waals surface area contributed by atoms with Crippen molar-refractivity contribution in [3.05, 3.63) is 29.3 Å². The van der Waals surface area contributed by atoms with Crippen molar-refractivity contribution in [2.45, 2.75) is 56.9 Å². The Labute approximate surface area is 137 Å². The van der Waals surface area contributed by atoms with Gasteiger partial charge in [0, 0.05) is 22.9 Å². The Kier molecular flexibility index (Phi) is 4.29. The molecule has 0 atom stereocenters. The predicted octanol–water partition coefficient (Wildman–Crippen LogP) is 3.04. The lowest BCUT2D eigenvalue weighted by molar-refractivity contribution is -0.110. The zero-order valence-electron chi connectivity index (χ0n) is 13.5. The summed E-state index contributed by atoms with van der Waals surface area (Å²) in [6.45, 7) is 3.71. The third-order valence-corrected chi connectivity index (χ3v) is 5.99. The molecule has 1 aliphatic heterocycles. The van der Waals surface area contributed by atoms with Crippen LogP contribution in [-0.4, -0.2) is 20.4 Å². The van der Waals surface area contributed by atoms with Crippen LogP contribution in [0.1, 0.15) is 51.5 Å². The lowest BCUT2D eigenvalue weighted by Crippen LogP contribution is -2.36. The van der Waals surface area contributed by atoms with Crippen LogP contribution >= 0.6 is 0 Å². The van der Waals surface area contributed by atoms with Crippen molar-refractivity contribution in [3.8, 4) is 0 Å². The molecule has 1 saturated carbocycles. The Balaban J connectivity index is 1.93. The fraction of sp³-hybridized carbons (Fsp3) is 0.471. The number of anilines is 1. The maximum atomic E-state index is 12.6. The fourth-order valence-corrected chi connectivity index (χ4v) is 4.65. The van der Waals surface area contributed by atoms with Gasteiger partial charge in [0.25, 0.3) is 5.91 Å². The number of sulfonamides is 1. The number of rotatable bonds is 3. The molecule has 2 N–H and O–H groups in total. The third kappa shape index (κ3) is 3.19. The second kappa shape index (κ2) is 6.09. The van der Waals surface area contributed by atoms with Crippen molar-refractivity contribution < 1.29 is 13.2 Å². The fourth-order valence-electron chi connectivity index (χ4n) is 3.32. The van der Waals surface area contributed by atoms with Crippen molar-refractivity contribution in [1.29, 1.82) is 0 Å². The summed E-state index contributed by atoms with van der Waals surface area (Å²) in [5, 5.41) is 2.78. The third-order valence-electron chi connectivity index (χ3n) is 4.47. The van der Waals surface area contributed by atoms with Gasteiger partial charge in [-0.2, -0.15) is 0 Å². The largest absolute Gasteiger partial charge is 0.321 e. The van der Waals surface area contributed by atoms with Gasteiger partial charge in [0.05, 0.1) is 4.90 Å². The Hall–Kier alpha value is -1.66. The van der Waals surface area contributed by atoms with E-state index in [0.29, 0.717) is 16.8 Å². The number of allylic oxidation sites excluding steroid dienone is 1. The van der Waals surface area contributed by atoms with Crippen molar-refractivity contribution >= 4 is 27.2 Å². The normalized spacial score (nSPS) is 18.7. The Morgan fingerprint density at radius 2 is 1.87 bits per heavy atom. The first-order valence-electron chi connectivity index (χ1n) is 8.04. The van der Waals surface area contributed by atoms with E-state index >= 15 is 0 Å². The number of carbonyl (C=O) groups is 1. The van der Waals surface area contributed by atoms with Crippen molar-refractivity contribution in [2.75, 3.05) is 5.32 Å². The molecule has 0 unspecified atom stereocenters. The number of benzene rings is 1. The molecule has 0 bridgehead atoms. The molecule has 0 saturated heterocycles. The van der Waals surface area contributed by atoms with Gasteiger partial charge in [0.2, 0.25) is 10.0 Å². The van der Waals surface area contributed by atoms with E-state index in [-0.39, 0.29) is 16.8 Å². The molecule has 0 spiro atoms. The van der Waals surface area contributed by atoms with Crippen LogP contribution in [0.25, 0.3) is 5.57 Å². The Bertz CT molecular complexity index is 771. The lowest BCUT2D eigenvalue weighted by atomic mass is 9.96. The summed E-state index contributed by atoms with van der Waals surface area (Å²) in [6, 6.07) is 4.84. The van der Waals surface area contributed by atoms with Crippen LogP contribution in [0.2, 0.25) is 0 Å². The van der Waals surface area contributed by atoms with E-state index in [4.69, 9.17) is 0 Å². The SMILES string of the molecule is CC(C)=C1C(=O)Nc2ccc(S(=O)(=O)NC3CCCCC3)cc21. The highest BCUT2D eigenvalue weighted by Gasteiger charge is 2.28. The molecule has 1 amide bonds. The van der Waals surface area contributed by atoms with Crippen LogP contribution in [0.5, 0.6) is 0 Å². The number of fused-ring (bicyclic) bond motifs is 1. The summed E-state index contributed by atoms with van der Waals surface area (Å²) in [5.74, 6) is -0.171. The summed E-state index contributed by atoms with van der Waals surface area (Å²) in [7, 11) is -3.56. The van der Waals surface area contributed by atoms with Gasteiger partial charge < -0.3 is 5.32 Å². The van der Waals surface area contributed by atoms with Gasteiger partial charge >= 0.3 is 0 Å². The molecule has 1 aliphatic carbocycles. The molecule has 124 valence electrons. The minimum absolute atomic E-state index is 0.0182. The van der Waals surface area contributed by atoms with Gasteiger partial charge in [-0.15, -0.1) is 0 Å². The number of amides is 1. The first kappa shape index (κ1) is 16.2. The van der Waals surface area contributed by atoms with E-state index in [0.717, 1.165) is 31.3 Å². The van der Waals surface area contributed by atoms with Crippen LogP contribution in [0.3, 0.4) is 0 Å². The van der Waals surface area contributed by atoms with E-state index in [9.17, 15) is 13.2 Å². The van der Waals surface area contributed by atoms with Gasteiger partial charge in [-0.25, -0.2) is 13.1 Å². The highest BCUT2D eigenvalue weighted by atomic mass is 32.2. The molecular weight excluding hydrogens is 312 g/mol. The van der Waals surface area contributed by atoms with E-state index in [2.05, 4.69) is 10.0 Å². The lowest BCUT2D eigenvalue weighted by Gasteiger charge is -2.22. The number of nitrogens with one attached hydrogen (secondary N) is 2. The monoisotopic (exact) mass is 334 g/mol. The van der Waals surface area contributed by atoms with E-state index < -0.39 is 10.0 Å². The zero-order chi connectivity index (χ0) is 16.6. The number of hydrogen-bond acceptors (Lipinski definition) is 3. The molecule has 23 heavy (non-hydrogen) atoms. The van der Waals surface area contributed by atoms with Crippen LogP contribution in [0.4, 0.5) is 5.69 Å². The van der Waals surface area contributed by atoms with Crippen molar-refractivity contribution in [2.24, 2.45) is 0 Å². The van der Waals surface area contributed by atoms with Gasteiger partial charge in [0.15, 0.2) is 0 Å². The second-order valence-electron chi connectivity index (χ2n) is 6.49. The highest BCUT2D eigenvalue weighted by Crippen LogP contribution is 2.35. The van der Waals surface area contributed by atoms with Gasteiger partial charge in [-0.3, -0.25) is 4.79 Å². The van der Waals surface area contributed by atoms with Gasteiger partial charge in [-0.05, 0) is 44.9 Å². The molecular formula is C17H22N2O3S. The van der Waals surface area contributed by atoms with E-state index in [1.165, 1.54) is 6.42 Å². The summed E-state index contributed by atoms with van der Waals surface area (Å²) >= 11 is 0. The molecule has 3 rings (SSSR count). The second-order valence-corrected chi connectivity index (χ2v) is 8.21. The van der Waals surface area contributed by atoms with Gasteiger partial charge in [-0.1, -0.05) is 24.8 Å². The van der Waals surface area contributed by atoms with Crippen LogP contribution in [-0.2, 0) is 14.8 Å².